The molecule has 1 heterocycles. The molecule has 1 aromatic heterocycles. The first-order valence-electron chi connectivity index (χ1n) is 4.43. The normalized spacial score (nSPS) is 13.9. The van der Waals surface area contributed by atoms with Gasteiger partial charge >= 0.3 is 5.97 Å². The van der Waals surface area contributed by atoms with Crippen molar-refractivity contribution in [3.8, 4) is 12.3 Å². The van der Waals surface area contributed by atoms with Gasteiger partial charge in [-0.15, -0.1) is 6.42 Å². The summed E-state index contributed by atoms with van der Waals surface area (Å²) in [5, 5.41) is 12.0. The Labute approximate surface area is 88.3 Å². The third-order valence-corrected chi connectivity index (χ3v) is 2.23. The van der Waals surface area contributed by atoms with E-state index in [1.54, 1.807) is 31.5 Å². The zero-order chi connectivity index (χ0) is 11.3. The van der Waals surface area contributed by atoms with E-state index in [1.807, 2.05) is 0 Å². The van der Waals surface area contributed by atoms with Crippen LogP contribution < -0.4 is 5.32 Å². The minimum absolute atomic E-state index is 0.200. The molecule has 78 valence electrons. The molecule has 0 radical (unpaired) electrons. The van der Waals surface area contributed by atoms with Crippen LogP contribution >= 0.6 is 0 Å². The molecule has 0 aliphatic rings. The number of rotatable bonds is 4. The molecule has 0 bridgehead atoms. The summed E-state index contributed by atoms with van der Waals surface area (Å²) in [6.07, 6.45) is 8.20. The number of nitrogens with one attached hydrogen (secondary N) is 1. The lowest BCUT2D eigenvalue weighted by Gasteiger charge is -2.25. The zero-order valence-corrected chi connectivity index (χ0v) is 8.40. The average Bonchev–Trinajstić information content (AvgIpc) is 2.27. The van der Waals surface area contributed by atoms with Gasteiger partial charge in [0.25, 0.3) is 0 Å². The highest BCUT2D eigenvalue weighted by atomic mass is 16.4. The summed E-state index contributed by atoms with van der Waals surface area (Å²) in [7, 11) is 0. The van der Waals surface area contributed by atoms with Crippen molar-refractivity contribution in [3.63, 3.8) is 0 Å². The fourth-order valence-electron chi connectivity index (χ4n) is 1.21. The van der Waals surface area contributed by atoms with E-state index in [0.29, 0.717) is 5.56 Å². The first-order valence-corrected chi connectivity index (χ1v) is 4.43. The van der Waals surface area contributed by atoms with Gasteiger partial charge < -0.3 is 5.11 Å². The van der Waals surface area contributed by atoms with Gasteiger partial charge in [0.15, 0.2) is 0 Å². The monoisotopic (exact) mass is 204 g/mol. The lowest BCUT2D eigenvalue weighted by Crippen LogP contribution is -2.46. The van der Waals surface area contributed by atoms with Gasteiger partial charge in [-0.05, 0) is 24.6 Å². The van der Waals surface area contributed by atoms with Crippen LogP contribution in [0.25, 0.3) is 0 Å². The highest BCUT2D eigenvalue weighted by molar-refractivity contribution is 5.80. The lowest BCUT2D eigenvalue weighted by molar-refractivity contribution is -0.144. The van der Waals surface area contributed by atoms with E-state index in [2.05, 4.69) is 16.2 Å². The molecule has 2 N–H and O–H groups in total. The number of pyridine rings is 1. The van der Waals surface area contributed by atoms with Crippen LogP contribution in [0.15, 0.2) is 24.5 Å². The second kappa shape index (κ2) is 4.58. The van der Waals surface area contributed by atoms with Gasteiger partial charge in [-0.25, -0.2) is 4.79 Å². The molecular weight excluding hydrogens is 192 g/mol. The Bertz CT molecular complexity index is 383. The van der Waals surface area contributed by atoms with Crippen LogP contribution in [0.3, 0.4) is 0 Å². The number of aliphatic carboxylic acids is 1. The SMILES string of the molecule is C#CCNC(C)(C(=O)O)c1ccncc1. The van der Waals surface area contributed by atoms with Crippen molar-refractivity contribution in [1.29, 1.82) is 0 Å². The second-order valence-electron chi connectivity index (χ2n) is 3.22. The highest BCUT2D eigenvalue weighted by Gasteiger charge is 2.34. The van der Waals surface area contributed by atoms with Gasteiger partial charge in [0.05, 0.1) is 6.54 Å². The van der Waals surface area contributed by atoms with Gasteiger partial charge in [-0.2, -0.15) is 0 Å². The van der Waals surface area contributed by atoms with E-state index < -0.39 is 11.5 Å². The van der Waals surface area contributed by atoms with Crippen LogP contribution in [0.4, 0.5) is 0 Å². The van der Waals surface area contributed by atoms with E-state index >= 15 is 0 Å². The van der Waals surface area contributed by atoms with Gasteiger partial charge in [0.2, 0.25) is 0 Å². The Morgan fingerprint density at radius 3 is 2.73 bits per heavy atom. The van der Waals surface area contributed by atoms with Crippen molar-refractivity contribution in [2.45, 2.75) is 12.5 Å². The molecule has 0 saturated heterocycles. The molecule has 0 fully saturated rings. The summed E-state index contributed by atoms with van der Waals surface area (Å²) in [5.74, 6) is 1.39. The summed E-state index contributed by atoms with van der Waals surface area (Å²) in [4.78, 5) is 15.0. The first kappa shape index (κ1) is 11.2. The van der Waals surface area contributed by atoms with Crippen molar-refractivity contribution in [2.24, 2.45) is 0 Å². The number of nitrogens with zero attached hydrogens (tertiary/aromatic N) is 1. The minimum Gasteiger partial charge on any atom is -0.480 e. The van der Waals surface area contributed by atoms with Crippen LogP contribution in [0.2, 0.25) is 0 Å². The van der Waals surface area contributed by atoms with Crippen molar-refractivity contribution < 1.29 is 9.90 Å². The summed E-state index contributed by atoms with van der Waals surface area (Å²) in [6.45, 7) is 1.77. The molecular formula is C11H12N2O2. The molecule has 0 amide bonds. The molecule has 1 aromatic rings. The van der Waals surface area contributed by atoms with Crippen molar-refractivity contribution in [1.82, 2.24) is 10.3 Å². The molecule has 4 heteroatoms. The zero-order valence-electron chi connectivity index (χ0n) is 8.40. The average molecular weight is 204 g/mol. The van der Waals surface area contributed by atoms with Crippen LogP contribution in [0, 0.1) is 12.3 Å². The number of carboxylic acids is 1. The molecule has 1 unspecified atom stereocenters. The highest BCUT2D eigenvalue weighted by Crippen LogP contribution is 2.19. The van der Waals surface area contributed by atoms with Crippen LogP contribution in [-0.2, 0) is 10.3 Å². The number of aromatic nitrogens is 1. The predicted molar refractivity (Wildman–Crippen MR) is 56.1 cm³/mol. The molecule has 0 aromatic carbocycles. The Hall–Kier alpha value is -1.86. The summed E-state index contributed by atoms with van der Waals surface area (Å²) in [5.41, 5.74) is -0.546. The fourth-order valence-corrected chi connectivity index (χ4v) is 1.21. The summed E-state index contributed by atoms with van der Waals surface area (Å²) in [6, 6.07) is 3.30. The van der Waals surface area contributed by atoms with E-state index in [1.165, 1.54) is 0 Å². The molecule has 0 aliphatic heterocycles. The Balaban J connectivity index is 3.03. The van der Waals surface area contributed by atoms with Gasteiger partial charge in [-0.3, -0.25) is 10.3 Å². The molecule has 1 rings (SSSR count). The second-order valence-corrected chi connectivity index (χ2v) is 3.22. The molecule has 0 saturated carbocycles. The first-order chi connectivity index (χ1) is 7.11. The Morgan fingerprint density at radius 2 is 2.27 bits per heavy atom. The van der Waals surface area contributed by atoms with Gasteiger partial charge in [0.1, 0.15) is 5.54 Å². The molecule has 15 heavy (non-hydrogen) atoms. The minimum atomic E-state index is -1.17. The third kappa shape index (κ3) is 2.33. The topological polar surface area (TPSA) is 62.2 Å². The largest absolute Gasteiger partial charge is 0.480 e. The number of hydrogen-bond acceptors (Lipinski definition) is 3. The van der Waals surface area contributed by atoms with E-state index in [9.17, 15) is 4.79 Å². The Morgan fingerprint density at radius 1 is 1.67 bits per heavy atom. The molecule has 1 atom stereocenters. The maximum Gasteiger partial charge on any atom is 0.328 e. The van der Waals surface area contributed by atoms with Crippen LogP contribution in [-0.4, -0.2) is 22.6 Å². The van der Waals surface area contributed by atoms with E-state index in [-0.39, 0.29) is 6.54 Å². The fraction of sp³-hybridized carbons (Fsp3) is 0.273. The maximum atomic E-state index is 11.2. The molecule has 0 spiro atoms. The maximum absolute atomic E-state index is 11.2. The third-order valence-electron chi connectivity index (χ3n) is 2.23. The smallest absolute Gasteiger partial charge is 0.328 e. The van der Waals surface area contributed by atoms with Gasteiger partial charge in [0, 0.05) is 12.4 Å². The molecule has 0 aliphatic carbocycles. The van der Waals surface area contributed by atoms with Crippen molar-refractivity contribution in [2.75, 3.05) is 6.54 Å². The van der Waals surface area contributed by atoms with Gasteiger partial charge in [-0.1, -0.05) is 5.92 Å². The lowest BCUT2D eigenvalue weighted by atomic mass is 9.93. The molecule has 4 nitrogen and oxygen atoms in total. The number of terminal acetylenes is 1. The Kier molecular flexibility index (Phi) is 3.42. The number of hydrogen-bond donors (Lipinski definition) is 2. The van der Waals surface area contributed by atoms with E-state index in [4.69, 9.17) is 11.5 Å². The van der Waals surface area contributed by atoms with Crippen LogP contribution in [0.5, 0.6) is 0 Å². The summed E-state index contributed by atoms with van der Waals surface area (Å²) >= 11 is 0. The van der Waals surface area contributed by atoms with Crippen molar-refractivity contribution in [3.05, 3.63) is 30.1 Å². The summed E-state index contributed by atoms with van der Waals surface area (Å²) < 4.78 is 0. The van der Waals surface area contributed by atoms with Crippen LogP contribution in [0.1, 0.15) is 12.5 Å². The predicted octanol–water partition coefficient (Wildman–Crippen LogP) is 0.604. The van der Waals surface area contributed by atoms with E-state index in [0.717, 1.165) is 0 Å². The quantitative estimate of drug-likeness (QED) is 0.705. The van der Waals surface area contributed by atoms with Crippen molar-refractivity contribution >= 4 is 5.97 Å². The standard InChI is InChI=1S/C11H12N2O2/c1-3-6-13-11(2,10(14)15)9-4-7-12-8-5-9/h1,4-5,7-8,13H,6H2,2H3,(H,14,15). The number of carboxylic acid groups (broad SMARTS) is 1. The number of carbonyl (C=O) groups is 1.